The summed E-state index contributed by atoms with van der Waals surface area (Å²) in [6.45, 7) is 0.665. The van der Waals surface area contributed by atoms with Gasteiger partial charge in [-0.05, 0) is 23.8 Å². The molecule has 0 atom stereocenters. The van der Waals surface area contributed by atoms with Crippen molar-refractivity contribution in [3.8, 4) is 0 Å². The van der Waals surface area contributed by atoms with E-state index < -0.39 is 5.97 Å². The summed E-state index contributed by atoms with van der Waals surface area (Å²) in [6.07, 6.45) is 5.26. The average Bonchev–Trinajstić information content (AvgIpc) is 2.92. The Balaban J connectivity index is 1.97. The van der Waals surface area contributed by atoms with Crippen LogP contribution in [0.1, 0.15) is 15.2 Å². The van der Waals surface area contributed by atoms with Crippen LogP contribution in [0.4, 0.5) is 5.82 Å². The second-order valence-corrected chi connectivity index (χ2v) is 5.76. The molecule has 0 amide bonds. The van der Waals surface area contributed by atoms with Gasteiger partial charge in [0.2, 0.25) is 0 Å². The standard InChI is InChI=1S/C15H13N3O2S/c1-18(9-10-3-2-5-16-8-10)14-11-7-13(15(19)20)21-12(11)4-6-17-14/h2-8H,9H2,1H3,(H,19,20). The predicted octanol–water partition coefficient (Wildman–Crippen LogP) is 3.03. The van der Waals surface area contributed by atoms with Crippen LogP contribution in [0.15, 0.2) is 42.9 Å². The lowest BCUT2D eigenvalue weighted by molar-refractivity contribution is 0.0702. The van der Waals surface area contributed by atoms with E-state index in [9.17, 15) is 4.79 Å². The average molecular weight is 299 g/mol. The first-order valence-corrected chi connectivity index (χ1v) is 7.18. The number of hydrogen-bond donors (Lipinski definition) is 1. The first-order valence-electron chi connectivity index (χ1n) is 6.37. The molecule has 0 saturated heterocycles. The molecule has 3 rings (SSSR count). The van der Waals surface area contributed by atoms with Crippen molar-refractivity contribution in [2.24, 2.45) is 0 Å². The number of carboxylic acid groups (broad SMARTS) is 1. The maximum absolute atomic E-state index is 11.1. The fourth-order valence-corrected chi connectivity index (χ4v) is 3.09. The summed E-state index contributed by atoms with van der Waals surface area (Å²) >= 11 is 1.26. The number of carbonyl (C=O) groups is 1. The van der Waals surface area contributed by atoms with Gasteiger partial charge in [0.25, 0.3) is 0 Å². The van der Waals surface area contributed by atoms with Crippen molar-refractivity contribution in [3.63, 3.8) is 0 Å². The zero-order valence-corrected chi connectivity index (χ0v) is 12.2. The summed E-state index contributed by atoms with van der Waals surface area (Å²) in [5, 5.41) is 9.99. The molecule has 5 nitrogen and oxygen atoms in total. The highest BCUT2D eigenvalue weighted by Crippen LogP contribution is 2.31. The third kappa shape index (κ3) is 2.71. The van der Waals surface area contributed by atoms with Gasteiger partial charge in [-0.1, -0.05) is 6.07 Å². The van der Waals surface area contributed by atoms with Gasteiger partial charge in [-0.3, -0.25) is 4.98 Å². The number of anilines is 1. The molecular weight excluding hydrogens is 286 g/mol. The van der Waals surface area contributed by atoms with Crippen molar-refractivity contribution in [1.82, 2.24) is 9.97 Å². The van der Waals surface area contributed by atoms with Gasteiger partial charge in [0.1, 0.15) is 10.7 Å². The highest BCUT2D eigenvalue weighted by Gasteiger charge is 2.14. The van der Waals surface area contributed by atoms with Gasteiger partial charge in [0, 0.05) is 42.3 Å². The fraction of sp³-hybridized carbons (Fsp3) is 0.133. The smallest absolute Gasteiger partial charge is 0.345 e. The van der Waals surface area contributed by atoms with Gasteiger partial charge in [-0.15, -0.1) is 11.3 Å². The molecule has 106 valence electrons. The maximum Gasteiger partial charge on any atom is 0.345 e. The van der Waals surface area contributed by atoms with Crippen molar-refractivity contribution in [2.45, 2.75) is 6.54 Å². The summed E-state index contributed by atoms with van der Waals surface area (Å²) in [5.74, 6) is -0.128. The molecule has 3 heterocycles. The molecule has 1 N–H and O–H groups in total. The number of pyridine rings is 2. The Morgan fingerprint density at radius 2 is 2.24 bits per heavy atom. The van der Waals surface area contributed by atoms with Gasteiger partial charge in [0.15, 0.2) is 0 Å². The number of fused-ring (bicyclic) bond motifs is 1. The first kappa shape index (κ1) is 13.5. The monoisotopic (exact) mass is 299 g/mol. The van der Waals surface area contributed by atoms with E-state index >= 15 is 0 Å². The van der Waals surface area contributed by atoms with Crippen LogP contribution in [-0.4, -0.2) is 28.1 Å². The van der Waals surface area contributed by atoms with E-state index in [0.717, 1.165) is 21.5 Å². The van der Waals surface area contributed by atoms with Gasteiger partial charge in [0.05, 0.1) is 0 Å². The third-order valence-corrected chi connectivity index (χ3v) is 4.23. The van der Waals surface area contributed by atoms with Crippen LogP contribution in [0.5, 0.6) is 0 Å². The Morgan fingerprint density at radius 1 is 1.38 bits per heavy atom. The zero-order valence-electron chi connectivity index (χ0n) is 11.4. The van der Waals surface area contributed by atoms with Crippen LogP contribution < -0.4 is 4.90 Å². The van der Waals surface area contributed by atoms with Gasteiger partial charge < -0.3 is 10.0 Å². The molecule has 0 bridgehead atoms. The number of hydrogen-bond acceptors (Lipinski definition) is 5. The number of aromatic nitrogens is 2. The van der Waals surface area contributed by atoms with E-state index in [-0.39, 0.29) is 0 Å². The minimum atomic E-state index is -0.905. The molecule has 0 radical (unpaired) electrons. The van der Waals surface area contributed by atoms with Crippen LogP contribution in [0.25, 0.3) is 10.1 Å². The second kappa shape index (κ2) is 5.49. The lowest BCUT2D eigenvalue weighted by Gasteiger charge is -2.18. The Bertz CT molecular complexity index is 786. The number of aromatic carboxylic acids is 1. The molecule has 0 saturated carbocycles. The van der Waals surface area contributed by atoms with Crippen LogP contribution in [0.2, 0.25) is 0 Å². The highest BCUT2D eigenvalue weighted by molar-refractivity contribution is 7.20. The van der Waals surface area contributed by atoms with E-state index in [1.165, 1.54) is 11.3 Å². The molecule has 0 spiro atoms. The normalized spacial score (nSPS) is 10.7. The number of carboxylic acids is 1. The SMILES string of the molecule is CN(Cc1cccnc1)c1nccc2sc(C(=O)O)cc12. The van der Waals surface area contributed by atoms with E-state index in [1.807, 2.05) is 36.3 Å². The lowest BCUT2D eigenvalue weighted by atomic mass is 10.2. The van der Waals surface area contributed by atoms with Crippen molar-refractivity contribution in [3.05, 3.63) is 53.3 Å². The Kier molecular flexibility index (Phi) is 3.53. The summed E-state index contributed by atoms with van der Waals surface area (Å²) < 4.78 is 0.926. The van der Waals surface area contributed by atoms with Crippen molar-refractivity contribution in [2.75, 3.05) is 11.9 Å². The minimum absolute atomic E-state index is 0.328. The molecule has 0 aliphatic rings. The molecule has 0 fully saturated rings. The van der Waals surface area contributed by atoms with E-state index in [1.54, 1.807) is 18.5 Å². The first-order chi connectivity index (χ1) is 10.1. The number of rotatable bonds is 4. The topological polar surface area (TPSA) is 66.3 Å². The van der Waals surface area contributed by atoms with E-state index in [2.05, 4.69) is 9.97 Å². The molecule has 0 unspecified atom stereocenters. The quantitative estimate of drug-likeness (QED) is 0.802. The lowest BCUT2D eigenvalue weighted by Crippen LogP contribution is -2.17. The molecule has 6 heteroatoms. The predicted molar refractivity (Wildman–Crippen MR) is 82.9 cm³/mol. The summed E-state index contributed by atoms with van der Waals surface area (Å²) in [4.78, 5) is 21.9. The van der Waals surface area contributed by atoms with Crippen LogP contribution >= 0.6 is 11.3 Å². The summed E-state index contributed by atoms with van der Waals surface area (Å²) in [5.41, 5.74) is 1.08. The van der Waals surface area contributed by atoms with E-state index in [4.69, 9.17) is 5.11 Å². The van der Waals surface area contributed by atoms with E-state index in [0.29, 0.717) is 11.4 Å². The molecule has 21 heavy (non-hydrogen) atoms. The van der Waals surface area contributed by atoms with Crippen LogP contribution in [0, 0.1) is 0 Å². The zero-order chi connectivity index (χ0) is 14.8. The highest BCUT2D eigenvalue weighted by atomic mass is 32.1. The molecule has 0 aliphatic heterocycles. The molecule has 0 aromatic carbocycles. The Hall–Kier alpha value is -2.47. The fourth-order valence-electron chi connectivity index (χ4n) is 2.20. The molecule has 0 aliphatic carbocycles. The largest absolute Gasteiger partial charge is 0.477 e. The Labute approximate surface area is 125 Å². The number of thiophene rings is 1. The summed E-state index contributed by atoms with van der Waals surface area (Å²) in [7, 11) is 1.94. The second-order valence-electron chi connectivity index (χ2n) is 4.68. The van der Waals surface area contributed by atoms with Gasteiger partial charge in [-0.2, -0.15) is 0 Å². The van der Waals surface area contributed by atoms with Crippen LogP contribution in [0.3, 0.4) is 0 Å². The van der Waals surface area contributed by atoms with Crippen molar-refractivity contribution in [1.29, 1.82) is 0 Å². The minimum Gasteiger partial charge on any atom is -0.477 e. The summed E-state index contributed by atoms with van der Waals surface area (Å²) in [6, 6.07) is 7.42. The molecule has 3 aromatic heterocycles. The van der Waals surface area contributed by atoms with Crippen molar-refractivity contribution < 1.29 is 9.90 Å². The molecular formula is C15H13N3O2S. The Morgan fingerprint density at radius 3 is 2.95 bits per heavy atom. The van der Waals surface area contributed by atoms with Crippen molar-refractivity contribution >= 4 is 33.2 Å². The third-order valence-electron chi connectivity index (χ3n) is 3.14. The van der Waals surface area contributed by atoms with Crippen LogP contribution in [-0.2, 0) is 6.54 Å². The maximum atomic E-state index is 11.1. The number of nitrogens with zero attached hydrogens (tertiary/aromatic N) is 3. The van der Waals surface area contributed by atoms with Gasteiger partial charge in [-0.25, -0.2) is 9.78 Å². The van der Waals surface area contributed by atoms with Gasteiger partial charge >= 0.3 is 5.97 Å². The molecule has 3 aromatic rings.